The lowest BCUT2D eigenvalue weighted by Crippen LogP contribution is -2.44. The zero-order valence-corrected chi connectivity index (χ0v) is 12.6. The first-order valence-corrected chi connectivity index (χ1v) is 7.87. The number of carbonyl (C=O) groups excluding carboxylic acids is 1. The number of nitrogens with zero attached hydrogens (tertiary/aromatic N) is 1. The first kappa shape index (κ1) is 15.9. The summed E-state index contributed by atoms with van der Waals surface area (Å²) in [6.45, 7) is 0.695. The van der Waals surface area contributed by atoms with Gasteiger partial charge < -0.3 is 15.2 Å². The molecule has 0 saturated carbocycles. The number of benzene rings is 1. The van der Waals surface area contributed by atoms with Gasteiger partial charge in [-0.3, -0.25) is 0 Å². The minimum atomic E-state index is -3.91. The number of esters is 1. The Morgan fingerprint density at radius 2 is 2.05 bits per heavy atom. The van der Waals surface area contributed by atoms with Crippen LogP contribution < -0.4 is 5.32 Å². The van der Waals surface area contributed by atoms with E-state index in [0.717, 1.165) is 4.31 Å². The lowest BCUT2D eigenvalue weighted by molar-refractivity contribution is 0.0596. The Labute approximate surface area is 123 Å². The second-order valence-corrected chi connectivity index (χ2v) is 6.77. The van der Waals surface area contributed by atoms with E-state index in [0.29, 0.717) is 13.1 Å². The fourth-order valence-corrected chi connectivity index (χ4v) is 3.89. The number of rotatable bonds is 4. The van der Waals surface area contributed by atoms with E-state index < -0.39 is 28.1 Å². The molecule has 0 unspecified atom stereocenters. The van der Waals surface area contributed by atoms with E-state index in [2.05, 4.69) is 10.1 Å². The van der Waals surface area contributed by atoms with Crippen LogP contribution in [0.1, 0.15) is 10.4 Å². The number of β-amino-alcohol motifs (C(OH)–C–C–N with tert-alkyl or cyclic N) is 1. The Bertz CT molecular complexity index is 631. The summed E-state index contributed by atoms with van der Waals surface area (Å²) in [6.07, 6.45) is -0.782. The second-order valence-electron chi connectivity index (χ2n) is 4.80. The average Bonchev–Trinajstić information content (AvgIpc) is 2.91. The van der Waals surface area contributed by atoms with Gasteiger partial charge in [-0.25, -0.2) is 13.2 Å². The van der Waals surface area contributed by atoms with Gasteiger partial charge in [-0.1, -0.05) is 12.1 Å². The summed E-state index contributed by atoms with van der Waals surface area (Å²) in [4.78, 5) is 11.6. The van der Waals surface area contributed by atoms with Crippen molar-refractivity contribution < 1.29 is 23.1 Å². The number of aliphatic hydroxyl groups excluding tert-OH is 1. The fraction of sp³-hybridized carbons (Fsp3) is 0.462. The van der Waals surface area contributed by atoms with Gasteiger partial charge in [0.2, 0.25) is 10.0 Å². The molecule has 0 aromatic heterocycles. The van der Waals surface area contributed by atoms with Crippen LogP contribution in [-0.2, 0) is 14.8 Å². The van der Waals surface area contributed by atoms with Crippen LogP contribution >= 0.6 is 0 Å². The van der Waals surface area contributed by atoms with Crippen molar-refractivity contribution in [2.75, 3.05) is 27.2 Å². The van der Waals surface area contributed by atoms with Crippen LogP contribution in [0.2, 0.25) is 0 Å². The molecule has 8 heteroatoms. The zero-order chi connectivity index (χ0) is 15.6. The molecule has 2 atom stereocenters. The highest BCUT2D eigenvalue weighted by Gasteiger charge is 2.37. The van der Waals surface area contributed by atoms with Crippen molar-refractivity contribution in [2.24, 2.45) is 0 Å². The summed E-state index contributed by atoms with van der Waals surface area (Å²) in [5.74, 6) is -0.715. The monoisotopic (exact) mass is 314 g/mol. The van der Waals surface area contributed by atoms with E-state index in [1.807, 2.05) is 0 Å². The van der Waals surface area contributed by atoms with Gasteiger partial charge in [-0.2, -0.15) is 4.31 Å². The van der Waals surface area contributed by atoms with Gasteiger partial charge in [-0.05, 0) is 12.1 Å². The Morgan fingerprint density at radius 3 is 2.62 bits per heavy atom. The minimum Gasteiger partial charge on any atom is -0.465 e. The number of carbonyl (C=O) groups is 1. The van der Waals surface area contributed by atoms with Crippen LogP contribution in [0.5, 0.6) is 0 Å². The van der Waals surface area contributed by atoms with E-state index in [1.54, 1.807) is 6.07 Å². The molecule has 1 fully saturated rings. The van der Waals surface area contributed by atoms with E-state index in [4.69, 9.17) is 0 Å². The molecular weight excluding hydrogens is 296 g/mol. The maximum Gasteiger partial charge on any atom is 0.339 e. The van der Waals surface area contributed by atoms with Crippen molar-refractivity contribution in [1.82, 2.24) is 9.62 Å². The summed E-state index contributed by atoms with van der Waals surface area (Å²) < 4.78 is 31.1. The van der Waals surface area contributed by atoms with E-state index in [9.17, 15) is 18.3 Å². The Balaban J connectivity index is 2.42. The summed E-state index contributed by atoms with van der Waals surface area (Å²) in [5.41, 5.74) is -0.0210. The summed E-state index contributed by atoms with van der Waals surface area (Å²) in [5, 5.41) is 12.8. The van der Waals surface area contributed by atoms with E-state index in [1.165, 1.54) is 32.4 Å². The smallest absolute Gasteiger partial charge is 0.339 e. The Morgan fingerprint density at radius 1 is 1.38 bits per heavy atom. The van der Waals surface area contributed by atoms with Crippen LogP contribution in [0.25, 0.3) is 0 Å². The molecule has 21 heavy (non-hydrogen) atoms. The number of aliphatic hydroxyl groups is 1. The fourth-order valence-electron chi connectivity index (χ4n) is 2.33. The standard InChI is InChI=1S/C13H18N2O5S/c1-15(10-7-14-8-11(10)16)21(18,19)12-6-4-3-5-9(12)13(17)20-2/h3-6,10-11,14,16H,7-8H2,1-2H3/t10-,11-/m1/s1. The number of likely N-dealkylation sites (N-methyl/N-ethyl adjacent to an activating group) is 1. The zero-order valence-electron chi connectivity index (χ0n) is 11.8. The van der Waals surface area contributed by atoms with Crippen LogP contribution in [0.15, 0.2) is 29.2 Å². The molecule has 1 aliphatic rings. The third-order valence-corrected chi connectivity index (χ3v) is 5.51. The first-order chi connectivity index (χ1) is 9.89. The maximum absolute atomic E-state index is 12.7. The quantitative estimate of drug-likeness (QED) is 0.722. The predicted molar refractivity (Wildman–Crippen MR) is 75.4 cm³/mol. The minimum absolute atomic E-state index is 0.0210. The number of hydrogen-bond acceptors (Lipinski definition) is 6. The van der Waals surface area contributed by atoms with Crippen molar-refractivity contribution in [3.63, 3.8) is 0 Å². The molecule has 1 aromatic rings. The summed E-state index contributed by atoms with van der Waals surface area (Å²) in [7, 11) is -1.32. The predicted octanol–water partition coefficient (Wildman–Crippen LogP) is -0.574. The van der Waals surface area contributed by atoms with Crippen molar-refractivity contribution in [3.8, 4) is 0 Å². The normalized spacial score (nSPS) is 22.5. The molecule has 0 bridgehead atoms. The molecule has 0 aliphatic carbocycles. The topological polar surface area (TPSA) is 95.9 Å². The lowest BCUT2D eigenvalue weighted by Gasteiger charge is -2.26. The maximum atomic E-state index is 12.7. The lowest BCUT2D eigenvalue weighted by atomic mass is 10.2. The molecule has 116 valence electrons. The van der Waals surface area contributed by atoms with Gasteiger partial charge in [0.15, 0.2) is 0 Å². The molecule has 2 rings (SSSR count). The van der Waals surface area contributed by atoms with Gasteiger partial charge in [0.25, 0.3) is 0 Å². The average molecular weight is 314 g/mol. The second kappa shape index (κ2) is 6.10. The Kier molecular flexibility index (Phi) is 4.62. The van der Waals surface area contributed by atoms with Gasteiger partial charge in [-0.15, -0.1) is 0 Å². The number of hydrogen-bond donors (Lipinski definition) is 2. The third kappa shape index (κ3) is 2.93. The molecule has 1 aromatic carbocycles. The van der Waals surface area contributed by atoms with Crippen molar-refractivity contribution in [1.29, 1.82) is 0 Å². The van der Waals surface area contributed by atoms with Gasteiger partial charge in [0, 0.05) is 20.1 Å². The molecule has 7 nitrogen and oxygen atoms in total. The number of methoxy groups -OCH3 is 1. The molecular formula is C13H18N2O5S. The van der Waals surface area contributed by atoms with E-state index >= 15 is 0 Å². The summed E-state index contributed by atoms with van der Waals surface area (Å²) >= 11 is 0. The third-order valence-electron chi connectivity index (χ3n) is 3.57. The van der Waals surface area contributed by atoms with Crippen molar-refractivity contribution in [2.45, 2.75) is 17.0 Å². The molecule has 0 radical (unpaired) electrons. The highest BCUT2D eigenvalue weighted by molar-refractivity contribution is 7.89. The van der Waals surface area contributed by atoms with Crippen LogP contribution in [-0.4, -0.2) is 63.2 Å². The molecule has 1 aliphatic heterocycles. The number of ether oxygens (including phenoxy) is 1. The first-order valence-electron chi connectivity index (χ1n) is 6.43. The molecule has 1 heterocycles. The van der Waals surface area contributed by atoms with Crippen molar-refractivity contribution >= 4 is 16.0 Å². The molecule has 2 N–H and O–H groups in total. The van der Waals surface area contributed by atoms with Gasteiger partial charge in [0.1, 0.15) is 0 Å². The van der Waals surface area contributed by atoms with Crippen LogP contribution in [0, 0.1) is 0 Å². The molecule has 0 amide bonds. The number of sulfonamides is 1. The highest BCUT2D eigenvalue weighted by Crippen LogP contribution is 2.23. The van der Waals surface area contributed by atoms with Gasteiger partial charge in [0.05, 0.1) is 29.7 Å². The van der Waals surface area contributed by atoms with Crippen LogP contribution in [0.3, 0.4) is 0 Å². The largest absolute Gasteiger partial charge is 0.465 e. The molecule has 1 saturated heterocycles. The summed E-state index contributed by atoms with van der Waals surface area (Å²) in [6, 6.07) is 5.29. The SMILES string of the molecule is COC(=O)c1ccccc1S(=O)(=O)N(C)[C@@H]1CNC[C@H]1O. The Hall–Kier alpha value is -1.48. The number of nitrogens with one attached hydrogen (secondary N) is 1. The van der Waals surface area contributed by atoms with Crippen LogP contribution in [0.4, 0.5) is 0 Å². The van der Waals surface area contributed by atoms with Crippen molar-refractivity contribution in [3.05, 3.63) is 29.8 Å². The highest BCUT2D eigenvalue weighted by atomic mass is 32.2. The van der Waals surface area contributed by atoms with Gasteiger partial charge >= 0.3 is 5.97 Å². The van der Waals surface area contributed by atoms with E-state index in [-0.39, 0.29) is 10.5 Å². The molecule has 0 spiro atoms.